The molecular weight excluding hydrogens is 450 g/mol. The standard InChI is InChI=1S/C25H27N5O3S/c1-16-23(34-25(28-16)27-12-10-17-8-6-5-7-9-17)19-11-13-26-24(30-19)29-18-14-20(31-2)22(33-4)21(15-18)32-3/h5-9,11,13-15H,10,12H2,1-4H3,(H,27,28)(H,26,29,30). The van der Waals surface area contributed by atoms with Crippen LogP contribution in [0.25, 0.3) is 10.6 Å². The van der Waals surface area contributed by atoms with Crippen molar-refractivity contribution in [2.45, 2.75) is 13.3 Å². The quantitative estimate of drug-likeness (QED) is 0.317. The fourth-order valence-electron chi connectivity index (χ4n) is 3.50. The van der Waals surface area contributed by atoms with Gasteiger partial charge in [-0.1, -0.05) is 41.7 Å². The average Bonchev–Trinajstić information content (AvgIpc) is 3.24. The summed E-state index contributed by atoms with van der Waals surface area (Å²) in [5.74, 6) is 2.08. The monoisotopic (exact) mass is 477 g/mol. The van der Waals surface area contributed by atoms with Gasteiger partial charge in [-0.25, -0.2) is 15.0 Å². The lowest BCUT2D eigenvalue weighted by Crippen LogP contribution is -2.04. The zero-order valence-corrected chi connectivity index (χ0v) is 20.4. The lowest BCUT2D eigenvalue weighted by Gasteiger charge is -2.14. The molecule has 2 aromatic heterocycles. The molecule has 0 atom stereocenters. The molecule has 176 valence electrons. The molecule has 0 saturated heterocycles. The number of ether oxygens (including phenoxy) is 3. The van der Waals surface area contributed by atoms with Crippen LogP contribution < -0.4 is 24.8 Å². The Labute approximate surface area is 203 Å². The minimum atomic E-state index is 0.457. The fourth-order valence-corrected chi connectivity index (χ4v) is 4.46. The molecule has 2 N–H and O–H groups in total. The van der Waals surface area contributed by atoms with Crippen LogP contribution in [0.1, 0.15) is 11.3 Å². The molecule has 2 aromatic carbocycles. The van der Waals surface area contributed by atoms with Crippen molar-refractivity contribution < 1.29 is 14.2 Å². The van der Waals surface area contributed by atoms with E-state index in [9.17, 15) is 0 Å². The third-order valence-electron chi connectivity index (χ3n) is 5.14. The molecular formula is C25H27N5O3S. The lowest BCUT2D eigenvalue weighted by atomic mass is 10.2. The molecule has 0 spiro atoms. The molecule has 0 amide bonds. The van der Waals surface area contributed by atoms with Gasteiger partial charge in [-0.2, -0.15) is 0 Å². The van der Waals surface area contributed by atoms with Crippen LogP contribution in [-0.2, 0) is 6.42 Å². The number of thiazole rings is 1. The number of hydrogen-bond acceptors (Lipinski definition) is 9. The normalized spacial score (nSPS) is 10.6. The highest BCUT2D eigenvalue weighted by Gasteiger charge is 2.15. The van der Waals surface area contributed by atoms with Crippen molar-refractivity contribution in [1.29, 1.82) is 0 Å². The summed E-state index contributed by atoms with van der Waals surface area (Å²) in [5, 5.41) is 7.52. The van der Waals surface area contributed by atoms with Crippen molar-refractivity contribution in [2.24, 2.45) is 0 Å². The summed E-state index contributed by atoms with van der Waals surface area (Å²) in [5.41, 5.74) is 3.73. The first-order valence-electron chi connectivity index (χ1n) is 10.8. The van der Waals surface area contributed by atoms with Gasteiger partial charge in [0.05, 0.1) is 37.6 Å². The topological polar surface area (TPSA) is 90.4 Å². The van der Waals surface area contributed by atoms with Crippen LogP contribution in [0, 0.1) is 6.92 Å². The Morgan fingerprint density at radius 3 is 2.32 bits per heavy atom. The molecule has 4 aromatic rings. The first kappa shape index (κ1) is 23.3. The summed E-state index contributed by atoms with van der Waals surface area (Å²) in [6, 6.07) is 15.9. The van der Waals surface area contributed by atoms with Gasteiger partial charge in [0.1, 0.15) is 0 Å². The van der Waals surface area contributed by atoms with Crippen molar-refractivity contribution in [3.05, 3.63) is 66.0 Å². The average molecular weight is 478 g/mol. The second-order valence-corrected chi connectivity index (χ2v) is 8.40. The van der Waals surface area contributed by atoms with E-state index >= 15 is 0 Å². The zero-order valence-electron chi connectivity index (χ0n) is 19.6. The zero-order chi connectivity index (χ0) is 23.9. The van der Waals surface area contributed by atoms with Gasteiger partial charge in [-0.05, 0) is 25.0 Å². The molecule has 0 radical (unpaired) electrons. The van der Waals surface area contributed by atoms with Crippen molar-refractivity contribution >= 4 is 28.1 Å². The van der Waals surface area contributed by atoms with Gasteiger partial charge in [-0.15, -0.1) is 0 Å². The summed E-state index contributed by atoms with van der Waals surface area (Å²) in [4.78, 5) is 14.7. The van der Waals surface area contributed by atoms with Crippen LogP contribution in [0.5, 0.6) is 17.2 Å². The van der Waals surface area contributed by atoms with Crippen LogP contribution in [0.15, 0.2) is 54.7 Å². The molecule has 0 aliphatic carbocycles. The minimum Gasteiger partial charge on any atom is -0.493 e. The SMILES string of the molecule is COc1cc(Nc2nccc(-c3sc(NCCc4ccccc4)nc3C)n2)cc(OC)c1OC. The Morgan fingerprint density at radius 1 is 0.912 bits per heavy atom. The van der Waals surface area contributed by atoms with Gasteiger partial charge < -0.3 is 24.8 Å². The number of hydrogen-bond donors (Lipinski definition) is 2. The van der Waals surface area contributed by atoms with E-state index in [0.717, 1.165) is 40.0 Å². The molecule has 4 rings (SSSR count). The largest absolute Gasteiger partial charge is 0.493 e. The van der Waals surface area contributed by atoms with Crippen LogP contribution in [0.3, 0.4) is 0 Å². The van der Waals surface area contributed by atoms with E-state index in [4.69, 9.17) is 19.2 Å². The Balaban J connectivity index is 1.49. The molecule has 0 unspecified atom stereocenters. The summed E-state index contributed by atoms with van der Waals surface area (Å²) in [7, 11) is 4.73. The number of anilines is 3. The number of aryl methyl sites for hydroxylation is 1. The third-order valence-corrected chi connectivity index (χ3v) is 6.28. The van der Waals surface area contributed by atoms with E-state index in [1.165, 1.54) is 5.56 Å². The second-order valence-electron chi connectivity index (χ2n) is 7.40. The van der Waals surface area contributed by atoms with E-state index in [1.807, 2.05) is 31.2 Å². The molecule has 8 nitrogen and oxygen atoms in total. The highest BCUT2D eigenvalue weighted by atomic mass is 32.1. The Bertz CT molecular complexity index is 1220. The van der Waals surface area contributed by atoms with E-state index in [2.05, 4.69) is 44.9 Å². The molecule has 2 heterocycles. The molecule has 0 fully saturated rings. The first-order valence-corrected chi connectivity index (χ1v) is 11.6. The van der Waals surface area contributed by atoms with Gasteiger partial charge in [0.15, 0.2) is 16.6 Å². The lowest BCUT2D eigenvalue weighted by molar-refractivity contribution is 0.324. The van der Waals surface area contributed by atoms with E-state index in [1.54, 1.807) is 38.9 Å². The van der Waals surface area contributed by atoms with E-state index in [-0.39, 0.29) is 0 Å². The molecule has 0 bridgehead atoms. The summed E-state index contributed by atoms with van der Waals surface area (Å²) in [6.45, 7) is 2.80. The molecule has 34 heavy (non-hydrogen) atoms. The fraction of sp³-hybridized carbons (Fsp3) is 0.240. The predicted octanol–water partition coefficient (Wildman–Crippen LogP) is 5.33. The van der Waals surface area contributed by atoms with Gasteiger partial charge in [0.2, 0.25) is 11.7 Å². The van der Waals surface area contributed by atoms with Crippen molar-refractivity contribution in [2.75, 3.05) is 38.5 Å². The summed E-state index contributed by atoms with van der Waals surface area (Å²) in [6.07, 6.45) is 2.66. The maximum atomic E-state index is 5.43. The maximum Gasteiger partial charge on any atom is 0.227 e. The number of aromatic nitrogens is 3. The van der Waals surface area contributed by atoms with Crippen molar-refractivity contribution in [3.63, 3.8) is 0 Å². The molecule has 9 heteroatoms. The highest BCUT2D eigenvalue weighted by Crippen LogP contribution is 2.40. The minimum absolute atomic E-state index is 0.457. The third kappa shape index (κ3) is 5.37. The van der Waals surface area contributed by atoms with E-state index in [0.29, 0.717) is 23.2 Å². The van der Waals surface area contributed by atoms with Crippen LogP contribution >= 0.6 is 11.3 Å². The number of nitrogens with one attached hydrogen (secondary N) is 2. The van der Waals surface area contributed by atoms with Crippen molar-refractivity contribution in [1.82, 2.24) is 15.0 Å². The smallest absolute Gasteiger partial charge is 0.227 e. The van der Waals surface area contributed by atoms with Crippen LogP contribution in [-0.4, -0.2) is 42.8 Å². The summed E-state index contributed by atoms with van der Waals surface area (Å²) < 4.78 is 16.2. The number of benzene rings is 2. The Hall–Kier alpha value is -3.85. The summed E-state index contributed by atoms with van der Waals surface area (Å²) >= 11 is 1.58. The number of rotatable bonds is 10. The molecule has 0 aliphatic heterocycles. The molecule has 0 aliphatic rings. The number of methoxy groups -OCH3 is 3. The highest BCUT2D eigenvalue weighted by molar-refractivity contribution is 7.19. The van der Waals surface area contributed by atoms with Gasteiger partial charge in [-0.3, -0.25) is 0 Å². The first-order chi connectivity index (χ1) is 16.6. The maximum absolute atomic E-state index is 5.43. The van der Waals surface area contributed by atoms with Gasteiger partial charge in [0, 0.05) is 30.6 Å². The van der Waals surface area contributed by atoms with E-state index < -0.39 is 0 Å². The Kier molecular flexibility index (Phi) is 7.44. The number of nitrogens with zero attached hydrogens (tertiary/aromatic N) is 3. The predicted molar refractivity (Wildman–Crippen MR) is 136 cm³/mol. The van der Waals surface area contributed by atoms with Crippen molar-refractivity contribution in [3.8, 4) is 27.8 Å². The molecule has 0 saturated carbocycles. The van der Waals surface area contributed by atoms with Crippen LogP contribution in [0.4, 0.5) is 16.8 Å². The van der Waals surface area contributed by atoms with Crippen LogP contribution in [0.2, 0.25) is 0 Å². The second kappa shape index (κ2) is 10.8. The Morgan fingerprint density at radius 2 is 1.65 bits per heavy atom. The van der Waals surface area contributed by atoms with Gasteiger partial charge in [0.25, 0.3) is 0 Å². The van der Waals surface area contributed by atoms with Gasteiger partial charge >= 0.3 is 0 Å².